The number of carbonyl (C=O) groups is 3. The van der Waals surface area contributed by atoms with Gasteiger partial charge in [0.2, 0.25) is 5.91 Å². The maximum absolute atomic E-state index is 12.2. The van der Waals surface area contributed by atoms with E-state index in [9.17, 15) is 14.4 Å². The van der Waals surface area contributed by atoms with Gasteiger partial charge in [-0.05, 0) is 29.0 Å². The Bertz CT molecular complexity index is 776. The molecule has 1 aliphatic heterocycles. The minimum absolute atomic E-state index is 0.302. The van der Waals surface area contributed by atoms with Crippen LogP contribution in [0, 0.1) is 0 Å². The highest BCUT2D eigenvalue weighted by Gasteiger charge is 2.41. The second kappa shape index (κ2) is 6.26. The van der Waals surface area contributed by atoms with Gasteiger partial charge in [-0.1, -0.05) is 48.5 Å². The third-order valence-electron chi connectivity index (χ3n) is 3.63. The van der Waals surface area contributed by atoms with Crippen LogP contribution in [0.2, 0.25) is 0 Å². The van der Waals surface area contributed by atoms with Crippen molar-refractivity contribution in [3.8, 4) is 0 Å². The molecule has 1 unspecified atom stereocenters. The summed E-state index contributed by atoms with van der Waals surface area (Å²) >= 11 is 0.915. The van der Waals surface area contributed by atoms with Crippen LogP contribution in [0.1, 0.15) is 26.9 Å². The fourth-order valence-electron chi connectivity index (χ4n) is 2.54. The van der Waals surface area contributed by atoms with Crippen LogP contribution in [0.3, 0.4) is 0 Å². The molecule has 1 heterocycles. The molecule has 23 heavy (non-hydrogen) atoms. The van der Waals surface area contributed by atoms with Crippen molar-refractivity contribution in [1.29, 1.82) is 0 Å². The summed E-state index contributed by atoms with van der Waals surface area (Å²) in [5.74, 6) is -1.13. The number of benzene rings is 2. The van der Waals surface area contributed by atoms with Crippen molar-refractivity contribution in [2.24, 2.45) is 5.73 Å². The Hall–Kier alpha value is -2.60. The average molecular weight is 326 g/mol. The van der Waals surface area contributed by atoms with E-state index >= 15 is 0 Å². The lowest BCUT2D eigenvalue weighted by Gasteiger charge is -2.24. The Labute approximate surface area is 137 Å². The highest BCUT2D eigenvalue weighted by molar-refractivity contribution is 8.16. The molecule has 0 aromatic heterocycles. The van der Waals surface area contributed by atoms with Crippen molar-refractivity contribution >= 4 is 28.7 Å². The Morgan fingerprint density at radius 2 is 1.70 bits per heavy atom. The lowest BCUT2D eigenvalue weighted by atomic mass is 10.1. The summed E-state index contributed by atoms with van der Waals surface area (Å²) in [5, 5.41) is -1.07. The summed E-state index contributed by atoms with van der Waals surface area (Å²) in [6.07, 6.45) is 0. The summed E-state index contributed by atoms with van der Waals surface area (Å²) in [7, 11) is 0. The van der Waals surface area contributed by atoms with Crippen LogP contribution >= 0.6 is 11.8 Å². The molecule has 1 fully saturated rings. The molecule has 2 N–H and O–H groups in total. The van der Waals surface area contributed by atoms with E-state index in [0.717, 1.165) is 17.3 Å². The van der Waals surface area contributed by atoms with Gasteiger partial charge in [0.05, 0.1) is 0 Å². The number of nitrogens with zero attached hydrogens (tertiary/aromatic N) is 1. The van der Waals surface area contributed by atoms with Crippen LogP contribution in [0.25, 0.3) is 0 Å². The van der Waals surface area contributed by atoms with Gasteiger partial charge in [-0.3, -0.25) is 14.4 Å². The lowest BCUT2D eigenvalue weighted by molar-refractivity contribution is -0.139. The van der Waals surface area contributed by atoms with Gasteiger partial charge in [0.25, 0.3) is 5.12 Å². The fourth-order valence-corrected chi connectivity index (χ4v) is 3.59. The molecule has 0 radical (unpaired) electrons. The third-order valence-corrected chi connectivity index (χ3v) is 4.75. The van der Waals surface area contributed by atoms with Crippen molar-refractivity contribution in [3.05, 3.63) is 71.3 Å². The molecule has 2 amide bonds. The van der Waals surface area contributed by atoms with Gasteiger partial charge in [-0.2, -0.15) is 0 Å². The standard InChI is InChI=1S/C17H14N2O3S/c18-14(20)12-8-4-5-9-13(12)16-19(15(21)17(22)23-16)10-11-6-2-1-3-7-11/h1-9,16H,10H2,(H2,18,20). The molecule has 2 aromatic carbocycles. The first-order chi connectivity index (χ1) is 11.1. The number of hydrogen-bond donors (Lipinski definition) is 1. The summed E-state index contributed by atoms with van der Waals surface area (Å²) in [5.41, 5.74) is 7.24. The summed E-state index contributed by atoms with van der Waals surface area (Å²) in [4.78, 5) is 37.2. The second-order valence-electron chi connectivity index (χ2n) is 5.13. The molecule has 1 atom stereocenters. The van der Waals surface area contributed by atoms with Gasteiger partial charge in [0, 0.05) is 12.1 Å². The van der Waals surface area contributed by atoms with Gasteiger partial charge in [-0.25, -0.2) is 0 Å². The first-order valence-corrected chi connectivity index (χ1v) is 7.90. The van der Waals surface area contributed by atoms with Crippen LogP contribution in [0.5, 0.6) is 0 Å². The van der Waals surface area contributed by atoms with Crippen molar-refractivity contribution < 1.29 is 14.4 Å². The SMILES string of the molecule is NC(=O)c1ccccc1C1SC(=O)C(=O)N1Cc1ccccc1. The predicted octanol–water partition coefficient (Wildman–Crippen LogP) is 2.09. The second-order valence-corrected chi connectivity index (χ2v) is 6.18. The van der Waals surface area contributed by atoms with Crippen LogP contribution < -0.4 is 5.73 Å². The van der Waals surface area contributed by atoms with E-state index in [1.165, 1.54) is 4.90 Å². The molecule has 0 bridgehead atoms. The van der Waals surface area contributed by atoms with E-state index < -0.39 is 22.3 Å². The zero-order valence-electron chi connectivity index (χ0n) is 12.1. The third kappa shape index (κ3) is 2.98. The number of amides is 2. The van der Waals surface area contributed by atoms with Gasteiger partial charge in [-0.15, -0.1) is 0 Å². The molecule has 116 valence electrons. The van der Waals surface area contributed by atoms with Crippen molar-refractivity contribution in [2.75, 3.05) is 0 Å². The van der Waals surface area contributed by atoms with Crippen molar-refractivity contribution in [3.63, 3.8) is 0 Å². The molecule has 0 spiro atoms. The van der Waals surface area contributed by atoms with Crippen molar-refractivity contribution in [2.45, 2.75) is 11.9 Å². The van der Waals surface area contributed by atoms with E-state index in [2.05, 4.69) is 0 Å². The van der Waals surface area contributed by atoms with E-state index in [1.54, 1.807) is 24.3 Å². The molecule has 1 aliphatic rings. The molecule has 3 rings (SSSR count). The maximum Gasteiger partial charge on any atom is 0.302 e. The smallest absolute Gasteiger partial charge is 0.302 e. The topological polar surface area (TPSA) is 80.5 Å². The van der Waals surface area contributed by atoms with Gasteiger partial charge >= 0.3 is 5.91 Å². The molecule has 6 heteroatoms. The van der Waals surface area contributed by atoms with E-state index in [1.807, 2.05) is 30.3 Å². The average Bonchev–Trinajstić information content (AvgIpc) is 2.84. The summed E-state index contributed by atoms with van der Waals surface area (Å²) < 4.78 is 0. The monoisotopic (exact) mass is 326 g/mol. The Morgan fingerprint density at radius 3 is 2.39 bits per heavy atom. The minimum Gasteiger partial charge on any atom is -0.366 e. The highest BCUT2D eigenvalue weighted by atomic mass is 32.2. The number of rotatable bonds is 4. The minimum atomic E-state index is -0.576. The quantitative estimate of drug-likeness (QED) is 0.872. The molecule has 2 aromatic rings. The highest BCUT2D eigenvalue weighted by Crippen LogP contribution is 2.41. The largest absolute Gasteiger partial charge is 0.366 e. The van der Waals surface area contributed by atoms with Gasteiger partial charge in [0.15, 0.2) is 0 Å². The summed E-state index contributed by atoms with van der Waals surface area (Å²) in [6, 6.07) is 16.2. The Balaban J connectivity index is 1.98. The van der Waals surface area contributed by atoms with E-state index in [-0.39, 0.29) is 0 Å². The molecule has 0 aliphatic carbocycles. The first kappa shape index (κ1) is 15.3. The molecule has 1 saturated heterocycles. The normalized spacial score (nSPS) is 17.6. The zero-order valence-corrected chi connectivity index (χ0v) is 13.0. The molecular formula is C17H14N2O3S. The van der Waals surface area contributed by atoms with Gasteiger partial charge < -0.3 is 10.6 Å². The van der Waals surface area contributed by atoms with Crippen LogP contribution in [0.4, 0.5) is 0 Å². The maximum atomic E-state index is 12.2. The Kier molecular flexibility index (Phi) is 4.16. The van der Waals surface area contributed by atoms with E-state index in [0.29, 0.717) is 17.7 Å². The molecule has 0 saturated carbocycles. The number of carbonyl (C=O) groups excluding carboxylic acids is 3. The van der Waals surface area contributed by atoms with E-state index in [4.69, 9.17) is 5.73 Å². The number of primary amides is 1. The van der Waals surface area contributed by atoms with Crippen LogP contribution in [-0.4, -0.2) is 21.8 Å². The van der Waals surface area contributed by atoms with Crippen molar-refractivity contribution in [1.82, 2.24) is 4.90 Å². The number of hydrogen-bond acceptors (Lipinski definition) is 4. The van der Waals surface area contributed by atoms with Gasteiger partial charge in [0.1, 0.15) is 5.37 Å². The predicted molar refractivity (Wildman–Crippen MR) is 87.3 cm³/mol. The first-order valence-electron chi connectivity index (χ1n) is 7.02. The molecule has 5 nitrogen and oxygen atoms in total. The summed E-state index contributed by atoms with van der Waals surface area (Å²) in [6.45, 7) is 0.302. The zero-order chi connectivity index (χ0) is 16.4. The lowest BCUT2D eigenvalue weighted by Crippen LogP contribution is -2.30. The van der Waals surface area contributed by atoms with Crippen LogP contribution in [-0.2, 0) is 16.1 Å². The Morgan fingerprint density at radius 1 is 1.04 bits per heavy atom. The van der Waals surface area contributed by atoms with Crippen LogP contribution in [0.15, 0.2) is 54.6 Å². The molecular weight excluding hydrogens is 312 g/mol. The fraction of sp³-hybridized carbons (Fsp3) is 0.118. The number of nitrogens with two attached hydrogens (primary N) is 1. The number of thioether (sulfide) groups is 1.